The first-order chi connectivity index (χ1) is 31.1. The zero-order valence-corrected chi connectivity index (χ0v) is 42.8. The number of carbonyl (C=O) groups is 4. The maximum absolute atomic E-state index is 13.4. The van der Waals surface area contributed by atoms with Crippen LogP contribution in [0.3, 0.4) is 0 Å². The number of nitrogens with zero attached hydrogens (tertiary/aromatic N) is 2. The molecule has 0 saturated carbocycles. The number of hydrogen-bond acceptors (Lipinski definition) is 10. The molecule has 1 fully saturated rings. The van der Waals surface area contributed by atoms with Crippen LogP contribution in [0.2, 0.25) is 0 Å². The van der Waals surface area contributed by atoms with Crippen LogP contribution in [-0.4, -0.2) is 98.4 Å². The van der Waals surface area contributed by atoms with E-state index in [4.69, 9.17) is 18.9 Å². The Morgan fingerprint density at radius 3 is 1.38 bits per heavy atom. The smallest absolute Gasteiger partial charge is 0.323 e. The molecule has 0 N–H and O–H groups in total. The van der Waals surface area contributed by atoms with Gasteiger partial charge in [0.2, 0.25) is 0 Å². The SMILES string of the molecule is CCCCCCCCC(CCCCCCCC)OC(=O)CCCCCCCOC(=O)[C@@H]1CC(OC(=O)CCN(C)C)CN1CCCCCC(=O)OC(CCCCCC)CCCCCC. The Kier molecular flexibility index (Phi) is 39.4. The molecule has 0 bridgehead atoms. The molecule has 1 heterocycles. The minimum Gasteiger partial charge on any atom is -0.465 e. The van der Waals surface area contributed by atoms with E-state index in [0.29, 0.717) is 51.9 Å². The minimum atomic E-state index is -0.449. The van der Waals surface area contributed by atoms with Gasteiger partial charge in [0.1, 0.15) is 24.4 Å². The topological polar surface area (TPSA) is 112 Å². The molecule has 1 aliphatic rings. The highest BCUT2D eigenvalue weighted by molar-refractivity contribution is 5.76. The molecule has 376 valence electrons. The average molecular weight is 907 g/mol. The van der Waals surface area contributed by atoms with E-state index in [2.05, 4.69) is 32.6 Å². The lowest BCUT2D eigenvalue weighted by atomic mass is 10.0. The molecule has 1 saturated heterocycles. The van der Waals surface area contributed by atoms with Crippen molar-refractivity contribution in [1.82, 2.24) is 9.80 Å². The molecule has 0 radical (unpaired) electrons. The Labute approximate surface area is 394 Å². The average Bonchev–Trinajstić information content (AvgIpc) is 3.67. The molecule has 10 nitrogen and oxygen atoms in total. The summed E-state index contributed by atoms with van der Waals surface area (Å²) in [6, 6.07) is -0.449. The van der Waals surface area contributed by atoms with Crippen LogP contribution in [-0.2, 0) is 38.1 Å². The van der Waals surface area contributed by atoms with E-state index in [0.717, 1.165) is 103 Å². The van der Waals surface area contributed by atoms with Crippen LogP contribution in [0.15, 0.2) is 0 Å². The van der Waals surface area contributed by atoms with Crippen molar-refractivity contribution >= 4 is 23.9 Å². The molecular weight excluding hydrogens is 805 g/mol. The summed E-state index contributed by atoms with van der Waals surface area (Å²) in [6.07, 6.45) is 36.7. The number of hydrogen-bond donors (Lipinski definition) is 0. The number of unbranched alkanes of at least 4 members (excludes halogenated alkanes) is 22. The lowest BCUT2D eigenvalue weighted by Crippen LogP contribution is -2.38. The van der Waals surface area contributed by atoms with Gasteiger partial charge >= 0.3 is 23.9 Å². The fourth-order valence-corrected chi connectivity index (χ4v) is 8.85. The number of rotatable bonds is 45. The molecule has 1 rings (SSSR count). The van der Waals surface area contributed by atoms with Crippen LogP contribution in [0.4, 0.5) is 0 Å². The first kappa shape index (κ1) is 59.8. The van der Waals surface area contributed by atoms with E-state index in [9.17, 15) is 19.2 Å². The summed E-state index contributed by atoms with van der Waals surface area (Å²) in [5.74, 6) is -0.633. The van der Waals surface area contributed by atoms with Crippen LogP contribution < -0.4 is 0 Å². The number of ether oxygens (including phenoxy) is 4. The van der Waals surface area contributed by atoms with Crippen molar-refractivity contribution in [3.05, 3.63) is 0 Å². The van der Waals surface area contributed by atoms with Gasteiger partial charge in [-0.3, -0.25) is 24.1 Å². The molecule has 0 aromatic carbocycles. The Morgan fingerprint density at radius 1 is 0.500 bits per heavy atom. The van der Waals surface area contributed by atoms with Gasteiger partial charge < -0.3 is 23.8 Å². The molecule has 1 aliphatic heterocycles. The molecule has 0 amide bonds. The van der Waals surface area contributed by atoms with Crippen LogP contribution in [0.25, 0.3) is 0 Å². The molecule has 10 heteroatoms. The van der Waals surface area contributed by atoms with E-state index in [1.54, 1.807) is 0 Å². The van der Waals surface area contributed by atoms with Crippen molar-refractivity contribution in [2.45, 2.75) is 283 Å². The van der Waals surface area contributed by atoms with Gasteiger partial charge in [0.05, 0.1) is 13.0 Å². The Morgan fingerprint density at radius 2 is 0.906 bits per heavy atom. The van der Waals surface area contributed by atoms with Gasteiger partial charge in [-0.25, -0.2) is 0 Å². The maximum atomic E-state index is 13.4. The highest BCUT2D eigenvalue weighted by Gasteiger charge is 2.39. The second-order valence-corrected chi connectivity index (χ2v) is 19.4. The zero-order valence-electron chi connectivity index (χ0n) is 42.8. The lowest BCUT2D eigenvalue weighted by Gasteiger charge is -2.22. The molecule has 0 aliphatic carbocycles. The van der Waals surface area contributed by atoms with Gasteiger partial charge in [-0.15, -0.1) is 0 Å². The molecule has 0 aromatic heterocycles. The molecule has 0 spiro atoms. The number of carbonyl (C=O) groups excluding carboxylic acids is 4. The van der Waals surface area contributed by atoms with E-state index in [1.807, 2.05) is 19.0 Å². The number of likely N-dealkylation sites (tertiary alicyclic amines) is 1. The van der Waals surface area contributed by atoms with Crippen molar-refractivity contribution in [1.29, 1.82) is 0 Å². The molecule has 0 aromatic rings. The fourth-order valence-electron chi connectivity index (χ4n) is 8.85. The normalized spacial score (nSPS) is 15.4. The Hall–Kier alpha value is -2.20. The first-order valence-corrected chi connectivity index (χ1v) is 27.3. The van der Waals surface area contributed by atoms with Crippen LogP contribution in [0.5, 0.6) is 0 Å². The zero-order chi connectivity index (χ0) is 46.9. The van der Waals surface area contributed by atoms with Gasteiger partial charge in [-0.05, 0) is 97.7 Å². The van der Waals surface area contributed by atoms with Crippen molar-refractivity contribution in [3.8, 4) is 0 Å². The molecular formula is C54H102N2O8. The Balaban J connectivity index is 2.51. The maximum Gasteiger partial charge on any atom is 0.323 e. The quantitative estimate of drug-likeness (QED) is 0.0333. The van der Waals surface area contributed by atoms with Gasteiger partial charge in [0, 0.05) is 32.4 Å². The van der Waals surface area contributed by atoms with Crippen LogP contribution in [0, 0.1) is 0 Å². The molecule has 2 atom stereocenters. The third kappa shape index (κ3) is 34.2. The van der Waals surface area contributed by atoms with Crippen molar-refractivity contribution in [2.24, 2.45) is 0 Å². The standard InChI is InChI=1S/C54H102N2O8/c1-7-11-15-19-22-29-37-48(38-30-23-20-16-12-8-2)63-51(57)39-31-24-21-25-34-44-61-54(60)50-45-49(64-53(59)41-43-55(5)6)46-56(50)42-33-26-32-40-52(58)62-47(35-27-17-13-9-3)36-28-18-14-10-4/h47-50H,7-46H2,1-6H3/t49?,50-/m0/s1. The summed E-state index contributed by atoms with van der Waals surface area (Å²) >= 11 is 0. The summed E-state index contributed by atoms with van der Waals surface area (Å²) in [7, 11) is 3.86. The Bertz CT molecular complexity index is 1110. The van der Waals surface area contributed by atoms with Gasteiger partial charge in [0.25, 0.3) is 0 Å². The van der Waals surface area contributed by atoms with E-state index < -0.39 is 6.04 Å². The second kappa shape index (κ2) is 42.2. The van der Waals surface area contributed by atoms with E-state index in [1.165, 1.54) is 103 Å². The van der Waals surface area contributed by atoms with Crippen molar-refractivity contribution in [3.63, 3.8) is 0 Å². The number of esters is 4. The summed E-state index contributed by atoms with van der Waals surface area (Å²) < 4.78 is 23.7. The third-order valence-electron chi connectivity index (χ3n) is 12.9. The monoisotopic (exact) mass is 907 g/mol. The van der Waals surface area contributed by atoms with Gasteiger partial charge in [-0.1, -0.05) is 156 Å². The predicted octanol–water partition coefficient (Wildman–Crippen LogP) is 13.6. The second-order valence-electron chi connectivity index (χ2n) is 19.4. The summed E-state index contributed by atoms with van der Waals surface area (Å²) in [5, 5.41) is 0. The summed E-state index contributed by atoms with van der Waals surface area (Å²) in [4.78, 5) is 55.8. The van der Waals surface area contributed by atoms with Gasteiger partial charge in [0.15, 0.2) is 0 Å². The predicted molar refractivity (Wildman–Crippen MR) is 263 cm³/mol. The van der Waals surface area contributed by atoms with Crippen LogP contribution in [0.1, 0.15) is 259 Å². The van der Waals surface area contributed by atoms with Crippen molar-refractivity contribution < 1.29 is 38.1 Å². The molecule has 1 unspecified atom stereocenters. The summed E-state index contributed by atoms with van der Waals surface area (Å²) in [5.41, 5.74) is 0. The molecule has 64 heavy (non-hydrogen) atoms. The van der Waals surface area contributed by atoms with Gasteiger partial charge in [-0.2, -0.15) is 0 Å². The summed E-state index contributed by atoms with van der Waals surface area (Å²) in [6.45, 7) is 11.1. The first-order valence-electron chi connectivity index (χ1n) is 27.3. The fraction of sp³-hybridized carbons (Fsp3) is 0.926. The highest BCUT2D eigenvalue weighted by atomic mass is 16.6. The van der Waals surface area contributed by atoms with E-state index in [-0.39, 0.29) is 42.2 Å². The highest BCUT2D eigenvalue weighted by Crippen LogP contribution is 2.24. The largest absolute Gasteiger partial charge is 0.465 e. The third-order valence-corrected chi connectivity index (χ3v) is 12.9. The lowest BCUT2D eigenvalue weighted by molar-refractivity contribution is -0.151. The minimum absolute atomic E-state index is 0.0302. The van der Waals surface area contributed by atoms with Crippen LogP contribution >= 0.6 is 0 Å². The van der Waals surface area contributed by atoms with E-state index >= 15 is 0 Å². The van der Waals surface area contributed by atoms with Crippen molar-refractivity contribution in [2.75, 3.05) is 40.3 Å².